The van der Waals surface area contributed by atoms with Crippen LogP contribution in [-0.2, 0) is 31.5 Å². The second-order valence-electron chi connectivity index (χ2n) is 7.16. The van der Waals surface area contributed by atoms with Crippen molar-refractivity contribution in [3.63, 3.8) is 0 Å². The van der Waals surface area contributed by atoms with E-state index in [0.29, 0.717) is 19.1 Å². The van der Waals surface area contributed by atoms with Crippen LogP contribution in [0.4, 0.5) is 40.8 Å². The Hall–Kier alpha value is -3.08. The molecule has 0 atom stereocenters. The summed E-state index contributed by atoms with van der Waals surface area (Å²) < 4.78 is 136. The van der Waals surface area contributed by atoms with E-state index in [1.54, 1.807) is 0 Å². The highest BCUT2D eigenvalue weighted by Gasteiger charge is 2.60. The number of carbonyl (C=O) groups is 3. The van der Waals surface area contributed by atoms with Crippen molar-refractivity contribution in [2.24, 2.45) is 0 Å². The van der Waals surface area contributed by atoms with Crippen molar-refractivity contribution in [3.05, 3.63) is 45.1 Å². The molecule has 0 aliphatic heterocycles. The number of sulfone groups is 1. The fourth-order valence-electron chi connectivity index (χ4n) is 2.91. The predicted molar refractivity (Wildman–Crippen MR) is 112 cm³/mol. The zero-order chi connectivity index (χ0) is 28.7. The van der Waals surface area contributed by atoms with Gasteiger partial charge in [0.25, 0.3) is 5.91 Å². The molecule has 37 heavy (non-hydrogen) atoms. The number of halogens is 8. The second kappa shape index (κ2) is 10.00. The average molecular weight is 581 g/mol. The Balaban J connectivity index is 2.87. The van der Waals surface area contributed by atoms with E-state index in [4.69, 9.17) is 0 Å². The van der Waals surface area contributed by atoms with Gasteiger partial charge in [0, 0.05) is 6.92 Å². The summed E-state index contributed by atoms with van der Waals surface area (Å²) in [7, 11) is -3.87. The molecular weight excluding hydrogens is 566 g/mol. The van der Waals surface area contributed by atoms with Gasteiger partial charge in [-0.25, -0.2) is 18.1 Å². The zero-order valence-corrected chi connectivity index (χ0v) is 20.4. The molecule has 0 saturated carbocycles. The van der Waals surface area contributed by atoms with Crippen LogP contribution in [0.2, 0.25) is 0 Å². The maximum absolute atomic E-state index is 14.0. The molecule has 0 N–H and O–H groups in total. The quantitative estimate of drug-likeness (QED) is 0.344. The van der Waals surface area contributed by atoms with Crippen molar-refractivity contribution in [1.29, 1.82) is 0 Å². The number of esters is 1. The Bertz CT molecular complexity index is 1350. The first kappa shape index (κ1) is 30.1. The number of ether oxygens (including phenoxy) is 1. The molecular formula is C20H15F8NO6S2. The Morgan fingerprint density at radius 1 is 1.00 bits per heavy atom. The summed E-state index contributed by atoms with van der Waals surface area (Å²) in [6.07, 6.45) is -11.2. The average Bonchev–Trinajstić information content (AvgIpc) is 3.22. The molecule has 0 fully saturated rings. The predicted octanol–water partition coefficient (Wildman–Crippen LogP) is 5.19. The maximum Gasteiger partial charge on any atom is 0.458 e. The van der Waals surface area contributed by atoms with E-state index in [1.807, 2.05) is 0 Å². The van der Waals surface area contributed by atoms with Gasteiger partial charge >= 0.3 is 24.2 Å². The Labute approximate surface area is 207 Å². The Morgan fingerprint density at radius 2 is 1.57 bits per heavy atom. The number of nitrogens with zero attached hydrogens (tertiary/aromatic N) is 1. The summed E-state index contributed by atoms with van der Waals surface area (Å²) in [5, 5.41) is 0. The van der Waals surface area contributed by atoms with Gasteiger partial charge in [-0.2, -0.15) is 35.1 Å². The van der Waals surface area contributed by atoms with Gasteiger partial charge in [0.2, 0.25) is 5.91 Å². The minimum atomic E-state index is -6.15. The van der Waals surface area contributed by atoms with Crippen LogP contribution < -0.4 is 4.90 Å². The normalized spacial score (nSPS) is 12.8. The van der Waals surface area contributed by atoms with E-state index >= 15 is 0 Å². The van der Waals surface area contributed by atoms with Gasteiger partial charge in [-0.15, -0.1) is 11.3 Å². The molecule has 204 valence electrons. The zero-order valence-electron chi connectivity index (χ0n) is 18.8. The van der Waals surface area contributed by atoms with Crippen LogP contribution in [-0.4, -0.2) is 45.2 Å². The largest absolute Gasteiger partial charge is 0.465 e. The molecule has 17 heteroatoms. The minimum Gasteiger partial charge on any atom is -0.465 e. The highest BCUT2D eigenvalue weighted by Crippen LogP contribution is 2.49. The molecule has 0 spiro atoms. The number of carbonyl (C=O) groups excluding carboxylic acids is 3. The van der Waals surface area contributed by atoms with Gasteiger partial charge in [0.05, 0.1) is 39.4 Å². The van der Waals surface area contributed by atoms with Crippen molar-refractivity contribution in [3.8, 4) is 0 Å². The van der Waals surface area contributed by atoms with Gasteiger partial charge in [0.1, 0.15) is 4.88 Å². The first-order valence-corrected chi connectivity index (χ1v) is 12.1. The maximum atomic E-state index is 14.0. The standard InChI is InChI=1S/C20H15F8NO6S2/c1-4-37(33,34)13-7-10(19(23,24)25)5-6-11(13)16(31)29(9(2)30)12-8-14(18(21,22)20(26,27)28)36-15(12)17(32)35-3/h5-8H,4H2,1-3H3. The fourth-order valence-corrected chi connectivity index (χ4v) is 5.08. The van der Waals surface area contributed by atoms with Crippen LogP contribution in [0, 0.1) is 0 Å². The number of benzene rings is 1. The number of rotatable bonds is 6. The van der Waals surface area contributed by atoms with E-state index in [0.717, 1.165) is 14.0 Å². The van der Waals surface area contributed by atoms with E-state index in [-0.39, 0.29) is 17.0 Å². The summed E-state index contributed by atoms with van der Waals surface area (Å²) in [6, 6.07) is 0.835. The van der Waals surface area contributed by atoms with Gasteiger partial charge < -0.3 is 4.74 Å². The molecule has 2 aromatic rings. The lowest BCUT2D eigenvalue weighted by Gasteiger charge is -2.21. The minimum absolute atomic E-state index is 0.0157. The smallest absolute Gasteiger partial charge is 0.458 e. The lowest BCUT2D eigenvalue weighted by Crippen LogP contribution is -2.37. The highest BCUT2D eigenvalue weighted by atomic mass is 32.2. The molecule has 0 unspecified atom stereocenters. The van der Waals surface area contributed by atoms with Crippen molar-refractivity contribution in [2.45, 2.75) is 37.0 Å². The number of methoxy groups -OCH3 is 1. The lowest BCUT2D eigenvalue weighted by atomic mass is 10.1. The lowest BCUT2D eigenvalue weighted by molar-refractivity contribution is -0.287. The van der Waals surface area contributed by atoms with Gasteiger partial charge in [-0.05, 0) is 24.3 Å². The number of imide groups is 1. The Kier molecular flexibility index (Phi) is 8.15. The molecule has 0 bridgehead atoms. The first-order chi connectivity index (χ1) is 16.7. The summed E-state index contributed by atoms with van der Waals surface area (Å²) in [5.74, 6) is -11.0. The van der Waals surface area contributed by atoms with Crippen LogP contribution in [0.3, 0.4) is 0 Å². The summed E-state index contributed by atoms with van der Waals surface area (Å²) in [4.78, 5) is 33.6. The first-order valence-electron chi connectivity index (χ1n) is 9.66. The van der Waals surface area contributed by atoms with Crippen LogP contribution in [0.5, 0.6) is 0 Å². The molecule has 0 saturated heterocycles. The molecule has 2 rings (SSSR count). The SMILES string of the molecule is CCS(=O)(=O)c1cc(C(F)(F)F)ccc1C(=O)N(C(C)=O)c1cc(C(F)(F)C(F)(F)F)sc1C(=O)OC. The molecule has 1 heterocycles. The second-order valence-corrected chi connectivity index (χ2v) is 10.5. The topological polar surface area (TPSA) is 97.8 Å². The summed E-state index contributed by atoms with van der Waals surface area (Å²) in [6.45, 7) is 1.66. The number of thiophene rings is 1. The van der Waals surface area contributed by atoms with Gasteiger partial charge in [-0.3, -0.25) is 9.59 Å². The monoisotopic (exact) mass is 581 g/mol. The van der Waals surface area contributed by atoms with Crippen LogP contribution in [0.15, 0.2) is 29.2 Å². The molecule has 1 aromatic heterocycles. The number of alkyl halides is 8. The number of anilines is 1. The van der Waals surface area contributed by atoms with Crippen molar-refractivity contribution in [2.75, 3.05) is 17.8 Å². The van der Waals surface area contributed by atoms with E-state index in [1.165, 1.54) is 0 Å². The number of amides is 2. The number of hydrogen-bond acceptors (Lipinski definition) is 7. The van der Waals surface area contributed by atoms with Crippen LogP contribution in [0.1, 0.15) is 44.3 Å². The fraction of sp³-hybridized carbons (Fsp3) is 0.350. The molecule has 1 aromatic carbocycles. The van der Waals surface area contributed by atoms with Crippen molar-refractivity contribution >= 4 is 44.6 Å². The summed E-state index contributed by atoms with van der Waals surface area (Å²) in [5.41, 5.74) is -3.63. The van der Waals surface area contributed by atoms with Crippen molar-refractivity contribution in [1.82, 2.24) is 0 Å². The van der Waals surface area contributed by atoms with Crippen molar-refractivity contribution < 1.29 is 62.7 Å². The van der Waals surface area contributed by atoms with E-state index in [9.17, 15) is 57.9 Å². The van der Waals surface area contributed by atoms with Gasteiger partial charge in [0.15, 0.2) is 9.84 Å². The Morgan fingerprint density at radius 3 is 2.00 bits per heavy atom. The molecule has 7 nitrogen and oxygen atoms in total. The molecule has 2 amide bonds. The van der Waals surface area contributed by atoms with E-state index in [2.05, 4.69) is 4.74 Å². The third-order valence-corrected chi connectivity index (χ3v) is 7.70. The van der Waals surface area contributed by atoms with Crippen LogP contribution >= 0.6 is 11.3 Å². The third kappa shape index (κ3) is 5.76. The molecule has 0 radical (unpaired) electrons. The number of hydrogen-bond donors (Lipinski definition) is 0. The van der Waals surface area contributed by atoms with E-state index < -0.39 is 94.4 Å². The highest BCUT2D eigenvalue weighted by molar-refractivity contribution is 7.91. The third-order valence-electron chi connectivity index (χ3n) is 4.76. The van der Waals surface area contributed by atoms with Gasteiger partial charge in [-0.1, -0.05) is 6.92 Å². The van der Waals surface area contributed by atoms with Crippen LogP contribution in [0.25, 0.3) is 0 Å². The molecule has 0 aliphatic carbocycles. The molecule has 0 aliphatic rings. The summed E-state index contributed by atoms with van der Waals surface area (Å²) >= 11 is -0.453.